The molecule has 9 heteroatoms. The van der Waals surface area contributed by atoms with Gasteiger partial charge in [0.1, 0.15) is 23.9 Å². The Hall–Kier alpha value is -4.24. The molecular weight excluding hydrogens is 504 g/mol. The van der Waals surface area contributed by atoms with E-state index in [1.165, 1.54) is 12.0 Å². The Kier molecular flexibility index (Phi) is 8.70. The molecule has 0 aromatic heterocycles. The van der Waals surface area contributed by atoms with Gasteiger partial charge in [-0.25, -0.2) is 0 Å². The van der Waals surface area contributed by atoms with Gasteiger partial charge in [-0.05, 0) is 78.7 Å². The molecular formula is C29H28N2O6S. The van der Waals surface area contributed by atoms with E-state index in [0.717, 1.165) is 34.2 Å². The number of para-hydroxylation sites is 2. The molecule has 1 saturated heterocycles. The van der Waals surface area contributed by atoms with Crippen molar-refractivity contribution in [1.82, 2.24) is 4.90 Å². The number of nitrogens with zero attached hydrogens (tertiary/aromatic N) is 1. The van der Waals surface area contributed by atoms with Crippen LogP contribution >= 0.6 is 11.8 Å². The van der Waals surface area contributed by atoms with Crippen LogP contribution in [0.1, 0.15) is 16.7 Å². The van der Waals surface area contributed by atoms with Crippen molar-refractivity contribution < 1.29 is 28.6 Å². The normalized spacial score (nSPS) is 14.1. The van der Waals surface area contributed by atoms with Crippen molar-refractivity contribution in [3.63, 3.8) is 0 Å². The number of thioether (sulfide) groups is 1. The number of carbonyl (C=O) groups is 3. The Morgan fingerprint density at radius 2 is 1.74 bits per heavy atom. The van der Waals surface area contributed by atoms with Crippen molar-refractivity contribution in [3.05, 3.63) is 88.3 Å². The van der Waals surface area contributed by atoms with Gasteiger partial charge in [0, 0.05) is 0 Å². The average Bonchev–Trinajstić information content (AvgIpc) is 3.17. The lowest BCUT2D eigenvalue weighted by molar-refractivity contribution is -0.123. The maximum atomic E-state index is 12.8. The molecule has 1 N–H and O–H groups in total. The first-order valence-electron chi connectivity index (χ1n) is 11.9. The summed E-state index contributed by atoms with van der Waals surface area (Å²) in [5, 5.41) is 2.42. The summed E-state index contributed by atoms with van der Waals surface area (Å²) < 4.78 is 16.6. The highest BCUT2D eigenvalue weighted by atomic mass is 32.2. The molecule has 1 heterocycles. The van der Waals surface area contributed by atoms with Crippen LogP contribution in [0.25, 0.3) is 6.08 Å². The maximum absolute atomic E-state index is 12.8. The van der Waals surface area contributed by atoms with Gasteiger partial charge in [-0.2, -0.15) is 0 Å². The van der Waals surface area contributed by atoms with E-state index >= 15 is 0 Å². The van der Waals surface area contributed by atoms with Gasteiger partial charge in [0.2, 0.25) is 0 Å². The number of hydrogen-bond acceptors (Lipinski definition) is 7. The monoisotopic (exact) mass is 532 g/mol. The fourth-order valence-electron chi connectivity index (χ4n) is 3.70. The number of benzene rings is 3. The summed E-state index contributed by atoms with van der Waals surface area (Å²) in [6.45, 7) is 4.13. The zero-order valence-corrected chi connectivity index (χ0v) is 22.2. The van der Waals surface area contributed by atoms with Crippen molar-refractivity contribution in [1.29, 1.82) is 0 Å². The topological polar surface area (TPSA) is 94.2 Å². The number of carbonyl (C=O) groups excluding carboxylic acids is 3. The Balaban J connectivity index is 1.29. The Labute approximate surface area is 225 Å². The van der Waals surface area contributed by atoms with E-state index in [1.807, 2.05) is 38.1 Å². The van der Waals surface area contributed by atoms with Crippen LogP contribution in [0.3, 0.4) is 0 Å². The summed E-state index contributed by atoms with van der Waals surface area (Å²) in [6, 6.07) is 19.9. The van der Waals surface area contributed by atoms with Crippen molar-refractivity contribution in [2.24, 2.45) is 0 Å². The number of anilines is 1. The molecule has 0 radical (unpaired) electrons. The molecule has 0 atom stereocenters. The molecule has 1 aliphatic heterocycles. The predicted molar refractivity (Wildman–Crippen MR) is 148 cm³/mol. The maximum Gasteiger partial charge on any atom is 0.293 e. The summed E-state index contributed by atoms with van der Waals surface area (Å²) in [7, 11) is 1.53. The van der Waals surface area contributed by atoms with Crippen LogP contribution in [0.4, 0.5) is 10.5 Å². The van der Waals surface area contributed by atoms with E-state index in [9.17, 15) is 14.4 Å². The second-order valence-electron chi connectivity index (χ2n) is 8.56. The van der Waals surface area contributed by atoms with Crippen molar-refractivity contribution >= 4 is 40.6 Å². The molecule has 4 rings (SSSR count). The second-order valence-corrected chi connectivity index (χ2v) is 9.55. The second kappa shape index (κ2) is 12.3. The molecule has 1 fully saturated rings. The summed E-state index contributed by atoms with van der Waals surface area (Å²) in [6.07, 6.45) is 1.66. The highest BCUT2D eigenvalue weighted by molar-refractivity contribution is 8.18. The number of nitrogens with one attached hydrogen (secondary N) is 1. The van der Waals surface area contributed by atoms with E-state index in [2.05, 4.69) is 5.32 Å². The number of ether oxygens (including phenoxy) is 3. The molecule has 3 amide bonds. The molecule has 8 nitrogen and oxygen atoms in total. The van der Waals surface area contributed by atoms with Gasteiger partial charge in [0.25, 0.3) is 17.1 Å². The van der Waals surface area contributed by atoms with Gasteiger partial charge in [0.15, 0.2) is 6.61 Å². The molecule has 1 aliphatic rings. The lowest BCUT2D eigenvalue weighted by atomic mass is 10.1. The number of rotatable bonds is 10. The summed E-state index contributed by atoms with van der Waals surface area (Å²) >= 11 is 0.899. The minimum Gasteiger partial charge on any atom is -0.495 e. The molecule has 0 bridgehead atoms. The van der Waals surface area contributed by atoms with Crippen molar-refractivity contribution in [2.45, 2.75) is 13.8 Å². The van der Waals surface area contributed by atoms with E-state index in [1.54, 1.807) is 48.5 Å². The smallest absolute Gasteiger partial charge is 0.293 e. The van der Waals surface area contributed by atoms with E-state index in [4.69, 9.17) is 14.2 Å². The standard InChI is InChI=1S/C29H28N2O6S/c1-19-8-9-20(2)25(16-19)36-15-14-31-28(33)26(38-29(31)34)17-21-10-12-22(13-11-21)37-18-27(32)30-23-6-4-5-7-24(23)35-3/h4-13,16-17H,14-15,18H2,1-3H3,(H,30,32)/b26-17-. The molecule has 196 valence electrons. The number of methoxy groups -OCH3 is 1. The van der Waals surface area contributed by atoms with Gasteiger partial charge in [-0.3, -0.25) is 19.3 Å². The SMILES string of the molecule is COc1ccccc1NC(=O)COc1ccc(/C=C2\SC(=O)N(CCOc3cc(C)ccc3C)C2=O)cc1. The van der Waals surface area contributed by atoms with Gasteiger partial charge < -0.3 is 19.5 Å². The summed E-state index contributed by atoms with van der Waals surface area (Å²) in [5.74, 6) is 1.12. The third-order valence-electron chi connectivity index (χ3n) is 5.72. The molecule has 0 unspecified atom stereocenters. The lowest BCUT2D eigenvalue weighted by Crippen LogP contribution is -2.32. The summed E-state index contributed by atoms with van der Waals surface area (Å²) in [4.78, 5) is 39.0. The number of hydrogen-bond donors (Lipinski definition) is 1. The third-order valence-corrected chi connectivity index (χ3v) is 6.63. The average molecular weight is 533 g/mol. The van der Waals surface area contributed by atoms with Crippen LogP contribution in [0.2, 0.25) is 0 Å². The van der Waals surface area contributed by atoms with Crippen LogP contribution in [0, 0.1) is 13.8 Å². The van der Waals surface area contributed by atoms with Crippen molar-refractivity contribution in [3.8, 4) is 17.2 Å². The first-order valence-corrected chi connectivity index (χ1v) is 12.8. The van der Waals surface area contributed by atoms with Crippen LogP contribution in [0.15, 0.2) is 71.6 Å². The number of aryl methyl sites for hydroxylation is 2. The van der Waals surface area contributed by atoms with Crippen LogP contribution in [-0.4, -0.2) is 48.8 Å². The highest BCUT2D eigenvalue weighted by Gasteiger charge is 2.34. The van der Waals surface area contributed by atoms with Crippen LogP contribution < -0.4 is 19.5 Å². The van der Waals surface area contributed by atoms with E-state index in [0.29, 0.717) is 22.1 Å². The Bertz CT molecular complexity index is 1370. The Morgan fingerprint density at radius 3 is 2.50 bits per heavy atom. The lowest BCUT2D eigenvalue weighted by Gasteiger charge is -2.14. The summed E-state index contributed by atoms with van der Waals surface area (Å²) in [5.41, 5.74) is 3.36. The highest BCUT2D eigenvalue weighted by Crippen LogP contribution is 2.32. The molecule has 3 aromatic carbocycles. The van der Waals surface area contributed by atoms with Gasteiger partial charge in [-0.1, -0.05) is 36.4 Å². The predicted octanol–water partition coefficient (Wildman–Crippen LogP) is 5.44. The first-order chi connectivity index (χ1) is 18.3. The van der Waals surface area contributed by atoms with Crippen LogP contribution in [0.5, 0.6) is 17.2 Å². The van der Waals surface area contributed by atoms with Crippen LogP contribution in [-0.2, 0) is 9.59 Å². The zero-order chi connectivity index (χ0) is 27.1. The first kappa shape index (κ1) is 26.8. The molecule has 3 aromatic rings. The van der Waals surface area contributed by atoms with Gasteiger partial charge in [-0.15, -0.1) is 0 Å². The minimum atomic E-state index is -0.349. The minimum absolute atomic E-state index is 0.166. The van der Waals surface area contributed by atoms with Gasteiger partial charge in [0.05, 0.1) is 24.2 Å². The van der Waals surface area contributed by atoms with Gasteiger partial charge >= 0.3 is 0 Å². The fraction of sp³-hybridized carbons (Fsp3) is 0.207. The van der Waals surface area contributed by atoms with E-state index < -0.39 is 0 Å². The molecule has 38 heavy (non-hydrogen) atoms. The molecule has 0 spiro atoms. The Morgan fingerprint density at radius 1 is 0.974 bits per heavy atom. The van der Waals surface area contributed by atoms with Crippen molar-refractivity contribution in [2.75, 3.05) is 32.2 Å². The van der Waals surface area contributed by atoms with E-state index in [-0.39, 0.29) is 36.8 Å². The zero-order valence-electron chi connectivity index (χ0n) is 21.4. The fourth-order valence-corrected chi connectivity index (χ4v) is 4.56. The number of imide groups is 1. The third kappa shape index (κ3) is 6.74. The largest absolute Gasteiger partial charge is 0.495 e. The molecule has 0 saturated carbocycles. The number of amides is 3. The quantitative estimate of drug-likeness (QED) is 0.347. The molecule has 0 aliphatic carbocycles.